The Morgan fingerprint density at radius 3 is 1.62 bits per heavy atom. The number of Topliss-reactive ketones (excluding diaryl/α,β-unsaturated/α-hetero) is 1. The van der Waals surface area contributed by atoms with Gasteiger partial charge in [0, 0.05) is 71.0 Å². The Balaban J connectivity index is 0.855. The van der Waals surface area contributed by atoms with E-state index in [1.54, 1.807) is 55.3 Å². The zero-order chi connectivity index (χ0) is 51.3. The summed E-state index contributed by atoms with van der Waals surface area (Å²) in [5.74, 6) is -0.718. The van der Waals surface area contributed by atoms with E-state index in [0.29, 0.717) is 56.9 Å². The molecule has 8 aliphatic rings. The molecule has 2 N–H and O–H groups in total. The predicted molar refractivity (Wildman–Crippen MR) is 257 cm³/mol. The first kappa shape index (κ1) is 55.3. The van der Waals surface area contributed by atoms with Gasteiger partial charge in [-0.2, -0.15) is 0 Å². The highest BCUT2D eigenvalue weighted by atomic mass is 16.8. The fourth-order valence-corrected chi connectivity index (χ4v) is 14.4. The summed E-state index contributed by atoms with van der Waals surface area (Å²) in [6.07, 6.45) is 2.27. The van der Waals surface area contributed by atoms with Crippen LogP contribution in [0, 0.1) is 28.6 Å². The molecule has 8 rings (SSSR count). The third-order valence-corrected chi connectivity index (χ3v) is 18.8. The molecule has 24 atom stereocenters. The van der Waals surface area contributed by atoms with Gasteiger partial charge in [-0.05, 0) is 111 Å². The van der Waals surface area contributed by atoms with E-state index in [9.17, 15) is 19.8 Å². The SMILES string of the molecule is C/C=C(\C)C(=O)O[C@@H]1CC2C(CC=C3C[C@@H](O[C@H]4C[C@H](OC)[C@H](O[C@H]5C[C@H](OC)[C@H](O[C@H]6C[C@H](OC)[C@@H](O[C@@H]7C[C@H](OC)[C@H](O)[C@@H](C)O7)[C@@H](C)O6)[C@@H](C)O5)[C@@H](C)O4)CC[C@@]32C)[C@@]2(O)CC[C@H](C(C)=O)[C@@]12C. The van der Waals surface area contributed by atoms with Crippen LogP contribution in [0.5, 0.6) is 0 Å². The summed E-state index contributed by atoms with van der Waals surface area (Å²) >= 11 is 0. The Kier molecular flexibility index (Phi) is 17.4. The normalized spacial score (nSPS) is 49.3. The van der Waals surface area contributed by atoms with E-state index in [1.165, 1.54) is 5.57 Å². The second kappa shape index (κ2) is 22.3. The largest absolute Gasteiger partial charge is 0.458 e. The number of fused-ring (bicyclic) bond motifs is 5. The third-order valence-electron chi connectivity index (χ3n) is 18.8. The zero-order valence-electron chi connectivity index (χ0n) is 44.6. The minimum absolute atomic E-state index is 0.0422. The number of hydrogen-bond donors (Lipinski definition) is 2. The number of aliphatic hydroxyl groups is 2. The second-order valence-electron chi connectivity index (χ2n) is 22.5. The maximum atomic E-state index is 13.4. The van der Waals surface area contributed by atoms with Gasteiger partial charge < -0.3 is 71.8 Å². The number of rotatable bonds is 15. The average Bonchev–Trinajstić information content (AvgIpc) is 3.63. The van der Waals surface area contributed by atoms with Crippen LogP contribution in [-0.2, 0) is 71.2 Å². The summed E-state index contributed by atoms with van der Waals surface area (Å²) in [5, 5.41) is 23.3. The van der Waals surface area contributed by atoms with Crippen LogP contribution in [0.3, 0.4) is 0 Å². The molecule has 404 valence electrons. The summed E-state index contributed by atoms with van der Waals surface area (Å²) in [6.45, 7) is 17.1. The summed E-state index contributed by atoms with van der Waals surface area (Å²) in [7, 11) is 6.56. The maximum absolute atomic E-state index is 13.4. The van der Waals surface area contributed by atoms with Crippen LogP contribution >= 0.6 is 0 Å². The van der Waals surface area contributed by atoms with Crippen LogP contribution in [0.25, 0.3) is 0 Å². The van der Waals surface area contributed by atoms with E-state index in [-0.39, 0.29) is 65.4 Å². The van der Waals surface area contributed by atoms with Gasteiger partial charge in [0.1, 0.15) is 36.3 Å². The number of carbonyl (C=O) groups excluding carboxylic acids is 2. The highest BCUT2D eigenvalue weighted by Crippen LogP contribution is 2.68. The first-order chi connectivity index (χ1) is 33.7. The van der Waals surface area contributed by atoms with Crippen molar-refractivity contribution in [3.05, 3.63) is 23.3 Å². The van der Waals surface area contributed by atoms with Crippen molar-refractivity contribution in [3.63, 3.8) is 0 Å². The van der Waals surface area contributed by atoms with Crippen molar-refractivity contribution in [2.75, 3.05) is 28.4 Å². The summed E-state index contributed by atoms with van der Waals surface area (Å²) < 4.78 is 81.8. The molecular formula is C54H86O17. The number of carbonyl (C=O) groups is 2. The van der Waals surface area contributed by atoms with Gasteiger partial charge in [0.05, 0.1) is 60.5 Å². The topological polar surface area (TPSA) is 195 Å². The van der Waals surface area contributed by atoms with E-state index in [4.69, 9.17) is 61.6 Å². The molecule has 4 saturated heterocycles. The number of ether oxygens (including phenoxy) is 13. The van der Waals surface area contributed by atoms with Crippen molar-refractivity contribution in [2.45, 2.75) is 249 Å². The van der Waals surface area contributed by atoms with Gasteiger partial charge in [0.25, 0.3) is 0 Å². The molecule has 4 aliphatic carbocycles. The Morgan fingerprint density at radius 1 is 0.662 bits per heavy atom. The lowest BCUT2D eigenvalue weighted by Gasteiger charge is -2.63. The van der Waals surface area contributed by atoms with Crippen LogP contribution < -0.4 is 0 Å². The molecule has 0 aromatic rings. The fourth-order valence-electron chi connectivity index (χ4n) is 14.4. The minimum Gasteiger partial charge on any atom is -0.458 e. The predicted octanol–water partition coefficient (Wildman–Crippen LogP) is 6.26. The van der Waals surface area contributed by atoms with Crippen molar-refractivity contribution in [1.29, 1.82) is 0 Å². The van der Waals surface area contributed by atoms with E-state index in [0.717, 1.165) is 19.3 Å². The lowest BCUT2D eigenvalue weighted by atomic mass is 9.45. The van der Waals surface area contributed by atoms with Gasteiger partial charge in [0.2, 0.25) is 0 Å². The van der Waals surface area contributed by atoms with Gasteiger partial charge in [0.15, 0.2) is 25.2 Å². The van der Waals surface area contributed by atoms with E-state index >= 15 is 0 Å². The summed E-state index contributed by atoms with van der Waals surface area (Å²) in [5.41, 5.74) is -0.429. The molecule has 0 radical (unpaired) electrons. The monoisotopic (exact) mass is 1010 g/mol. The van der Waals surface area contributed by atoms with Gasteiger partial charge in [-0.25, -0.2) is 4.79 Å². The van der Waals surface area contributed by atoms with Gasteiger partial charge in [-0.3, -0.25) is 4.79 Å². The number of ketones is 1. The fraction of sp³-hybridized carbons (Fsp3) is 0.889. The molecule has 71 heavy (non-hydrogen) atoms. The number of methoxy groups -OCH3 is 4. The Labute approximate surface area is 421 Å². The molecule has 3 saturated carbocycles. The maximum Gasteiger partial charge on any atom is 0.333 e. The lowest BCUT2D eigenvalue weighted by Crippen LogP contribution is -2.66. The Bertz CT molecular complexity index is 1910. The van der Waals surface area contributed by atoms with Crippen LogP contribution in [0.15, 0.2) is 23.3 Å². The van der Waals surface area contributed by atoms with Gasteiger partial charge in [-0.1, -0.05) is 31.6 Å². The molecular weight excluding hydrogens is 921 g/mol. The Morgan fingerprint density at radius 2 is 1.14 bits per heavy atom. The molecule has 4 aliphatic heterocycles. The van der Waals surface area contributed by atoms with Crippen molar-refractivity contribution in [1.82, 2.24) is 0 Å². The molecule has 0 amide bonds. The lowest BCUT2D eigenvalue weighted by molar-refractivity contribution is -0.347. The van der Waals surface area contributed by atoms with E-state index < -0.39 is 91.1 Å². The molecule has 7 fully saturated rings. The van der Waals surface area contributed by atoms with Crippen LogP contribution in [0.1, 0.15) is 133 Å². The quantitative estimate of drug-likeness (QED) is 0.106. The molecule has 17 heteroatoms. The first-order valence-electron chi connectivity index (χ1n) is 26.5. The molecule has 0 aromatic carbocycles. The van der Waals surface area contributed by atoms with Crippen LogP contribution in [0.2, 0.25) is 0 Å². The third kappa shape index (κ3) is 10.5. The zero-order valence-corrected chi connectivity index (χ0v) is 44.6. The van der Waals surface area contributed by atoms with Crippen molar-refractivity contribution < 1.29 is 81.4 Å². The average molecular weight is 1010 g/mol. The number of allylic oxidation sites excluding steroid dienone is 2. The molecule has 2 unspecified atom stereocenters. The van der Waals surface area contributed by atoms with Gasteiger partial charge >= 0.3 is 5.97 Å². The van der Waals surface area contributed by atoms with Crippen LogP contribution in [0.4, 0.5) is 0 Å². The molecule has 4 heterocycles. The minimum atomic E-state index is -1.15. The molecule has 0 aromatic heterocycles. The van der Waals surface area contributed by atoms with E-state index in [2.05, 4.69) is 13.0 Å². The number of esters is 1. The molecule has 0 spiro atoms. The number of hydrogen-bond acceptors (Lipinski definition) is 17. The highest BCUT2D eigenvalue weighted by Gasteiger charge is 2.71. The van der Waals surface area contributed by atoms with E-state index in [1.807, 2.05) is 34.6 Å². The smallest absolute Gasteiger partial charge is 0.333 e. The Hall–Kier alpha value is -1.94. The second-order valence-corrected chi connectivity index (χ2v) is 22.5. The molecule has 0 bridgehead atoms. The van der Waals surface area contributed by atoms with Crippen molar-refractivity contribution in [2.24, 2.45) is 28.6 Å². The van der Waals surface area contributed by atoms with Gasteiger partial charge in [-0.15, -0.1) is 0 Å². The highest BCUT2D eigenvalue weighted by molar-refractivity contribution is 5.88. The summed E-state index contributed by atoms with van der Waals surface area (Å²) in [6, 6.07) is 0. The number of aliphatic hydroxyl groups excluding tert-OH is 1. The molecule has 17 nitrogen and oxygen atoms in total. The van der Waals surface area contributed by atoms with Crippen LogP contribution in [-0.4, -0.2) is 167 Å². The summed E-state index contributed by atoms with van der Waals surface area (Å²) in [4.78, 5) is 26.5. The van der Waals surface area contributed by atoms with Crippen molar-refractivity contribution >= 4 is 11.8 Å². The first-order valence-corrected chi connectivity index (χ1v) is 26.5. The van der Waals surface area contributed by atoms with Crippen molar-refractivity contribution in [3.8, 4) is 0 Å². The standard InChI is InChI=1S/C54H86O17/c1-14-27(2)51(57)68-42-22-37-36(54(58)20-18-35(28(3)55)53(42,54)9)16-15-33-21-34(17-19-52(33,37)8)67-43-24-39(60-11)48(30(5)64-43)70-45-26-41(62-13)50(32(7)66-45)71-46-25-40(61-12)49(31(6)65-46)69-44-23-38(59-10)47(56)29(4)63-44/h14-15,29-32,34-50,56,58H,16-26H2,1-13H3/b27-14+/t29-,30-,31-,32-,34+,35-,36?,37?,38+,39+,40+,41+,42-,43+,44-,45+,46+,47-,48-,49+,50-,52+,53+,54+/m1/s1.